The Morgan fingerprint density at radius 1 is 1.04 bits per heavy atom. The molecule has 1 aromatic carbocycles. The fourth-order valence-electron chi connectivity index (χ4n) is 4.16. The van der Waals surface area contributed by atoms with E-state index in [-0.39, 0.29) is 18.1 Å². The van der Waals surface area contributed by atoms with Gasteiger partial charge in [-0.15, -0.1) is 0 Å². The van der Waals surface area contributed by atoms with Crippen molar-refractivity contribution < 1.29 is 24.2 Å². The van der Waals surface area contributed by atoms with Crippen LogP contribution in [0.1, 0.15) is 44.1 Å². The minimum Gasteiger partial charge on any atom is -0.479 e. The average Bonchev–Trinajstić information content (AvgIpc) is 2.68. The highest BCUT2D eigenvalue weighted by molar-refractivity contribution is 5.77. The minimum atomic E-state index is -1.03. The number of methoxy groups -OCH3 is 1. The Bertz CT molecular complexity index is 627. The number of carboxylic acids is 1. The first kappa shape index (κ1) is 18.7. The molecule has 1 aliphatic carbocycles. The Morgan fingerprint density at radius 3 is 2.19 bits per heavy atom. The quantitative estimate of drug-likeness (QED) is 0.889. The van der Waals surface area contributed by atoms with Crippen molar-refractivity contribution in [2.75, 3.05) is 20.2 Å². The zero-order chi connectivity index (χ0) is 18.6. The molecule has 1 heterocycles. The molecule has 1 aromatic rings. The van der Waals surface area contributed by atoms with Gasteiger partial charge in [0.2, 0.25) is 0 Å². The van der Waals surface area contributed by atoms with Crippen LogP contribution in [0.3, 0.4) is 0 Å². The number of hydrogen-bond acceptors (Lipinski definition) is 4. The molecule has 0 radical (unpaired) electrons. The number of carbonyl (C=O) groups excluding carboxylic acids is 1. The number of likely N-dealkylation sites (tertiary alicyclic amines) is 1. The van der Waals surface area contributed by atoms with Crippen LogP contribution in [0.15, 0.2) is 30.3 Å². The predicted octanol–water partition coefficient (Wildman–Crippen LogP) is 3.45. The largest absolute Gasteiger partial charge is 0.479 e. The van der Waals surface area contributed by atoms with Gasteiger partial charge < -0.3 is 19.5 Å². The lowest BCUT2D eigenvalue weighted by molar-refractivity contribution is -0.170. The molecule has 1 saturated carbocycles. The minimum absolute atomic E-state index is 0.133. The molecule has 142 valence electrons. The van der Waals surface area contributed by atoms with Crippen LogP contribution in [0.2, 0.25) is 0 Å². The van der Waals surface area contributed by atoms with Crippen molar-refractivity contribution in [2.45, 2.75) is 50.7 Å². The van der Waals surface area contributed by atoms with E-state index in [2.05, 4.69) is 0 Å². The summed E-state index contributed by atoms with van der Waals surface area (Å²) in [5.74, 6) is -0.864. The molecule has 0 aromatic heterocycles. The highest BCUT2D eigenvalue weighted by atomic mass is 16.6. The summed E-state index contributed by atoms with van der Waals surface area (Å²) in [6.45, 7) is 1.62. The first-order chi connectivity index (χ1) is 12.5. The molecule has 0 atom stereocenters. The van der Waals surface area contributed by atoms with Crippen molar-refractivity contribution >= 4 is 12.1 Å². The number of piperidine rings is 1. The van der Waals surface area contributed by atoms with Crippen molar-refractivity contribution in [2.24, 2.45) is 5.41 Å². The Morgan fingerprint density at radius 2 is 1.65 bits per heavy atom. The van der Waals surface area contributed by atoms with Crippen molar-refractivity contribution in [3.63, 3.8) is 0 Å². The Labute approximate surface area is 154 Å². The van der Waals surface area contributed by atoms with Crippen molar-refractivity contribution in [1.82, 2.24) is 4.90 Å². The number of benzene rings is 1. The van der Waals surface area contributed by atoms with Gasteiger partial charge in [-0.3, -0.25) is 0 Å². The van der Waals surface area contributed by atoms with Crippen LogP contribution < -0.4 is 0 Å². The standard InChI is InChI=1S/C20H27NO5/c1-25-20(17(22)23)9-7-19(8-10-20)11-13-21(14-12-19)18(24)26-15-16-5-3-2-4-6-16/h2-6H,7-15H2,1H3,(H,22,23). The maximum Gasteiger partial charge on any atom is 0.410 e. The summed E-state index contributed by atoms with van der Waals surface area (Å²) in [6.07, 6.45) is 4.27. The number of amides is 1. The zero-order valence-corrected chi connectivity index (χ0v) is 15.3. The van der Waals surface area contributed by atoms with Gasteiger partial charge in [0.15, 0.2) is 5.60 Å². The summed E-state index contributed by atoms with van der Waals surface area (Å²) in [5.41, 5.74) is 0.0798. The van der Waals surface area contributed by atoms with Crippen LogP contribution in [0, 0.1) is 5.41 Å². The fraction of sp³-hybridized carbons (Fsp3) is 0.600. The number of carbonyl (C=O) groups is 2. The highest BCUT2D eigenvalue weighted by Crippen LogP contribution is 2.48. The third kappa shape index (κ3) is 3.85. The molecule has 6 nitrogen and oxygen atoms in total. The van der Waals surface area contributed by atoms with Gasteiger partial charge in [0.1, 0.15) is 6.61 Å². The van der Waals surface area contributed by atoms with Gasteiger partial charge in [0, 0.05) is 20.2 Å². The van der Waals surface area contributed by atoms with Crippen molar-refractivity contribution in [3.8, 4) is 0 Å². The summed E-state index contributed by atoms with van der Waals surface area (Å²) in [7, 11) is 1.48. The first-order valence-corrected chi connectivity index (χ1v) is 9.23. The Balaban J connectivity index is 1.48. The maximum atomic E-state index is 12.3. The molecule has 0 bridgehead atoms. The average molecular weight is 361 g/mol. The van der Waals surface area contributed by atoms with Crippen LogP contribution in [-0.2, 0) is 20.9 Å². The molecule has 6 heteroatoms. The summed E-state index contributed by atoms with van der Waals surface area (Å²) >= 11 is 0. The molecular weight excluding hydrogens is 334 g/mol. The van der Waals surface area contributed by atoms with E-state index >= 15 is 0 Å². The van der Waals surface area contributed by atoms with Gasteiger partial charge >= 0.3 is 12.1 Å². The molecular formula is C20H27NO5. The van der Waals surface area contributed by atoms with Crippen LogP contribution >= 0.6 is 0 Å². The van der Waals surface area contributed by atoms with E-state index in [1.807, 2.05) is 30.3 Å². The molecule has 1 amide bonds. The maximum absolute atomic E-state index is 12.3. The van der Waals surface area contributed by atoms with E-state index in [0.717, 1.165) is 31.2 Å². The van der Waals surface area contributed by atoms with Gasteiger partial charge in [-0.1, -0.05) is 30.3 Å². The number of nitrogens with zero attached hydrogens (tertiary/aromatic N) is 1. The van der Waals surface area contributed by atoms with Gasteiger partial charge in [-0.25, -0.2) is 9.59 Å². The number of aliphatic carboxylic acids is 1. The SMILES string of the molecule is COC1(C(=O)O)CCC2(CCN(C(=O)OCc3ccccc3)CC2)CC1. The Kier molecular flexibility index (Phi) is 5.51. The second kappa shape index (κ2) is 7.66. The van der Waals surface area contributed by atoms with Crippen LogP contribution in [-0.4, -0.2) is 47.9 Å². The summed E-state index contributed by atoms with van der Waals surface area (Å²) in [5, 5.41) is 9.45. The van der Waals surface area contributed by atoms with E-state index in [9.17, 15) is 14.7 Å². The molecule has 26 heavy (non-hydrogen) atoms. The molecule has 2 fully saturated rings. The molecule has 1 saturated heterocycles. The van der Waals surface area contributed by atoms with E-state index in [0.29, 0.717) is 25.9 Å². The summed E-state index contributed by atoms with van der Waals surface area (Å²) in [4.78, 5) is 25.6. The molecule has 1 spiro atoms. The summed E-state index contributed by atoms with van der Waals surface area (Å²) in [6, 6.07) is 9.65. The third-order valence-corrected chi connectivity index (χ3v) is 6.19. The van der Waals surface area contributed by atoms with Gasteiger partial charge in [-0.05, 0) is 49.5 Å². The van der Waals surface area contributed by atoms with Crippen LogP contribution in [0.4, 0.5) is 4.79 Å². The van der Waals surface area contributed by atoms with E-state index in [1.165, 1.54) is 7.11 Å². The lowest BCUT2D eigenvalue weighted by Crippen LogP contribution is -2.50. The fourth-order valence-corrected chi connectivity index (χ4v) is 4.16. The number of carboxylic acid groups (broad SMARTS) is 1. The lowest BCUT2D eigenvalue weighted by atomic mass is 9.64. The monoisotopic (exact) mass is 361 g/mol. The molecule has 2 aliphatic rings. The number of hydrogen-bond donors (Lipinski definition) is 1. The lowest BCUT2D eigenvalue weighted by Gasteiger charge is -2.47. The second-order valence-corrected chi connectivity index (χ2v) is 7.53. The topological polar surface area (TPSA) is 76.1 Å². The number of ether oxygens (including phenoxy) is 2. The zero-order valence-electron chi connectivity index (χ0n) is 15.3. The van der Waals surface area contributed by atoms with Crippen LogP contribution in [0.5, 0.6) is 0 Å². The van der Waals surface area contributed by atoms with Crippen molar-refractivity contribution in [1.29, 1.82) is 0 Å². The third-order valence-electron chi connectivity index (χ3n) is 6.19. The first-order valence-electron chi connectivity index (χ1n) is 9.23. The van der Waals surface area contributed by atoms with Gasteiger partial charge in [0.25, 0.3) is 0 Å². The predicted molar refractivity (Wildman–Crippen MR) is 95.7 cm³/mol. The normalized spacial score (nSPS) is 21.3. The van der Waals surface area contributed by atoms with E-state index < -0.39 is 11.6 Å². The van der Waals surface area contributed by atoms with E-state index in [1.54, 1.807) is 4.90 Å². The molecule has 0 unspecified atom stereocenters. The van der Waals surface area contributed by atoms with E-state index in [4.69, 9.17) is 9.47 Å². The Hall–Kier alpha value is -2.08. The van der Waals surface area contributed by atoms with Gasteiger partial charge in [-0.2, -0.15) is 0 Å². The van der Waals surface area contributed by atoms with Gasteiger partial charge in [0.05, 0.1) is 0 Å². The highest BCUT2D eigenvalue weighted by Gasteiger charge is 2.48. The van der Waals surface area contributed by atoms with Crippen LogP contribution in [0.25, 0.3) is 0 Å². The van der Waals surface area contributed by atoms with Crippen molar-refractivity contribution in [3.05, 3.63) is 35.9 Å². The summed E-state index contributed by atoms with van der Waals surface area (Å²) < 4.78 is 10.7. The molecule has 3 rings (SSSR count). The second-order valence-electron chi connectivity index (χ2n) is 7.53. The number of rotatable bonds is 4. The molecule has 1 N–H and O–H groups in total. The smallest absolute Gasteiger partial charge is 0.410 e. The molecule has 1 aliphatic heterocycles.